The lowest BCUT2D eigenvalue weighted by molar-refractivity contribution is 0.464. The van der Waals surface area contributed by atoms with E-state index in [-0.39, 0.29) is 6.04 Å². The molecule has 0 spiro atoms. The molecule has 2 aromatic heterocycles. The van der Waals surface area contributed by atoms with E-state index in [1.54, 1.807) is 12.1 Å². The van der Waals surface area contributed by atoms with Crippen LogP contribution in [0.1, 0.15) is 23.1 Å². The predicted octanol–water partition coefficient (Wildman–Crippen LogP) is 2.88. The van der Waals surface area contributed by atoms with Crippen LogP contribution in [0.4, 0.5) is 0 Å². The van der Waals surface area contributed by atoms with Crippen molar-refractivity contribution < 1.29 is 4.42 Å². The molecular weight excluding hydrogens is 224 g/mol. The number of aryl methyl sites for hydroxylation is 1. The lowest BCUT2D eigenvalue weighted by Crippen LogP contribution is -2.13. The largest absolute Gasteiger partial charge is 0.448 e. The molecular formula is C12H13ClN2O. The highest BCUT2D eigenvalue weighted by atomic mass is 35.5. The highest BCUT2D eigenvalue weighted by molar-refractivity contribution is 6.28. The average molecular weight is 237 g/mol. The third kappa shape index (κ3) is 2.62. The van der Waals surface area contributed by atoms with Gasteiger partial charge in [0.15, 0.2) is 5.22 Å². The molecule has 0 bridgehead atoms. The van der Waals surface area contributed by atoms with E-state index in [0.717, 1.165) is 11.3 Å². The van der Waals surface area contributed by atoms with E-state index < -0.39 is 0 Å². The standard InChI is InChI=1S/C12H13ClN2O/c1-8-2-3-9(15-7-8)6-10(14)11-4-5-12(13)16-11/h2-5,7,10H,6,14H2,1H3. The molecule has 2 rings (SSSR count). The van der Waals surface area contributed by atoms with Gasteiger partial charge in [-0.2, -0.15) is 0 Å². The normalized spacial score (nSPS) is 12.7. The maximum atomic E-state index is 5.99. The van der Waals surface area contributed by atoms with Crippen LogP contribution >= 0.6 is 11.6 Å². The number of nitrogens with two attached hydrogens (primary N) is 1. The molecule has 2 aromatic rings. The zero-order chi connectivity index (χ0) is 11.5. The Morgan fingerprint density at radius 2 is 2.19 bits per heavy atom. The molecule has 84 valence electrons. The van der Waals surface area contributed by atoms with Gasteiger partial charge in [0.1, 0.15) is 5.76 Å². The van der Waals surface area contributed by atoms with E-state index in [4.69, 9.17) is 21.8 Å². The summed E-state index contributed by atoms with van der Waals surface area (Å²) in [6, 6.07) is 7.27. The number of aromatic nitrogens is 1. The fraction of sp³-hybridized carbons (Fsp3) is 0.250. The van der Waals surface area contributed by atoms with E-state index in [9.17, 15) is 0 Å². The van der Waals surface area contributed by atoms with Crippen molar-refractivity contribution in [1.29, 1.82) is 0 Å². The summed E-state index contributed by atoms with van der Waals surface area (Å²) in [5, 5.41) is 0.363. The molecule has 0 aliphatic rings. The first-order chi connectivity index (χ1) is 7.65. The number of halogens is 1. The van der Waals surface area contributed by atoms with Crippen LogP contribution < -0.4 is 5.73 Å². The summed E-state index contributed by atoms with van der Waals surface area (Å²) in [7, 11) is 0. The summed E-state index contributed by atoms with van der Waals surface area (Å²) in [6.45, 7) is 2.00. The van der Waals surface area contributed by atoms with Gasteiger partial charge >= 0.3 is 0 Å². The molecule has 4 heteroatoms. The molecule has 1 unspecified atom stereocenters. The number of hydrogen-bond acceptors (Lipinski definition) is 3. The van der Waals surface area contributed by atoms with Gasteiger partial charge in [0.05, 0.1) is 6.04 Å². The van der Waals surface area contributed by atoms with Crippen LogP contribution in [0.2, 0.25) is 5.22 Å². The maximum absolute atomic E-state index is 5.99. The van der Waals surface area contributed by atoms with Crippen molar-refractivity contribution in [3.8, 4) is 0 Å². The quantitative estimate of drug-likeness (QED) is 0.892. The van der Waals surface area contributed by atoms with Crippen molar-refractivity contribution in [2.75, 3.05) is 0 Å². The molecule has 2 N–H and O–H groups in total. The Labute approximate surface area is 99.2 Å². The monoisotopic (exact) mass is 236 g/mol. The van der Waals surface area contributed by atoms with E-state index in [2.05, 4.69) is 4.98 Å². The molecule has 3 nitrogen and oxygen atoms in total. The second kappa shape index (κ2) is 4.68. The van der Waals surface area contributed by atoms with Gasteiger partial charge in [-0.25, -0.2) is 0 Å². The zero-order valence-corrected chi connectivity index (χ0v) is 9.74. The summed E-state index contributed by atoms with van der Waals surface area (Å²) in [5.41, 5.74) is 8.07. The van der Waals surface area contributed by atoms with Crippen molar-refractivity contribution in [3.63, 3.8) is 0 Å². The van der Waals surface area contributed by atoms with Crippen molar-refractivity contribution in [1.82, 2.24) is 4.98 Å². The number of nitrogens with zero attached hydrogens (tertiary/aromatic N) is 1. The molecule has 0 aliphatic heterocycles. The number of furan rings is 1. The van der Waals surface area contributed by atoms with Crippen molar-refractivity contribution in [3.05, 3.63) is 52.7 Å². The lowest BCUT2D eigenvalue weighted by Gasteiger charge is -2.07. The van der Waals surface area contributed by atoms with Crippen molar-refractivity contribution in [2.45, 2.75) is 19.4 Å². The summed E-state index contributed by atoms with van der Waals surface area (Å²) < 4.78 is 5.25. The Kier molecular flexibility index (Phi) is 3.27. The second-order valence-corrected chi connectivity index (χ2v) is 4.15. The SMILES string of the molecule is Cc1ccc(CC(N)c2ccc(Cl)o2)nc1. The molecule has 0 aliphatic carbocycles. The van der Waals surface area contributed by atoms with Gasteiger partial charge in [-0.3, -0.25) is 4.98 Å². The molecule has 0 amide bonds. The van der Waals surface area contributed by atoms with Crippen LogP contribution in [0.3, 0.4) is 0 Å². The van der Waals surface area contributed by atoms with Crippen LogP contribution in [0.5, 0.6) is 0 Å². The Hall–Kier alpha value is -1.32. The molecule has 0 fully saturated rings. The second-order valence-electron chi connectivity index (χ2n) is 3.78. The van der Waals surface area contributed by atoms with Gasteiger partial charge in [0.25, 0.3) is 0 Å². The van der Waals surface area contributed by atoms with E-state index in [0.29, 0.717) is 17.4 Å². The first-order valence-electron chi connectivity index (χ1n) is 5.07. The summed E-state index contributed by atoms with van der Waals surface area (Å²) in [5.74, 6) is 0.687. The third-order valence-electron chi connectivity index (χ3n) is 2.36. The average Bonchev–Trinajstić information content (AvgIpc) is 2.68. The van der Waals surface area contributed by atoms with E-state index >= 15 is 0 Å². The van der Waals surface area contributed by atoms with Crippen LogP contribution in [-0.4, -0.2) is 4.98 Å². The highest BCUT2D eigenvalue weighted by Gasteiger charge is 2.11. The minimum absolute atomic E-state index is 0.206. The Balaban J connectivity index is 2.07. The van der Waals surface area contributed by atoms with Gasteiger partial charge in [-0.05, 0) is 42.3 Å². The molecule has 0 saturated heterocycles. The van der Waals surface area contributed by atoms with Crippen LogP contribution in [0.25, 0.3) is 0 Å². The van der Waals surface area contributed by atoms with Gasteiger partial charge in [0.2, 0.25) is 0 Å². The van der Waals surface area contributed by atoms with E-state index in [1.165, 1.54) is 0 Å². The Bertz CT molecular complexity index is 464. The Morgan fingerprint density at radius 1 is 1.38 bits per heavy atom. The van der Waals surface area contributed by atoms with Gasteiger partial charge < -0.3 is 10.2 Å². The van der Waals surface area contributed by atoms with Crippen molar-refractivity contribution >= 4 is 11.6 Å². The zero-order valence-electron chi connectivity index (χ0n) is 8.98. The number of pyridine rings is 1. The first-order valence-corrected chi connectivity index (χ1v) is 5.45. The third-order valence-corrected chi connectivity index (χ3v) is 2.56. The predicted molar refractivity (Wildman–Crippen MR) is 63.3 cm³/mol. The van der Waals surface area contributed by atoms with Gasteiger partial charge in [-0.15, -0.1) is 0 Å². The summed E-state index contributed by atoms with van der Waals surface area (Å²) >= 11 is 5.69. The van der Waals surface area contributed by atoms with Crippen LogP contribution in [-0.2, 0) is 6.42 Å². The maximum Gasteiger partial charge on any atom is 0.193 e. The van der Waals surface area contributed by atoms with Crippen molar-refractivity contribution in [2.24, 2.45) is 5.73 Å². The molecule has 0 saturated carbocycles. The minimum atomic E-state index is -0.206. The molecule has 2 heterocycles. The van der Waals surface area contributed by atoms with E-state index in [1.807, 2.05) is 25.3 Å². The smallest absolute Gasteiger partial charge is 0.193 e. The molecule has 0 radical (unpaired) electrons. The molecule has 0 aromatic carbocycles. The topological polar surface area (TPSA) is 52.0 Å². The van der Waals surface area contributed by atoms with Gasteiger partial charge in [-0.1, -0.05) is 6.07 Å². The Morgan fingerprint density at radius 3 is 2.75 bits per heavy atom. The minimum Gasteiger partial charge on any atom is -0.448 e. The first kappa shape index (κ1) is 11.2. The van der Waals surface area contributed by atoms with Crippen LogP contribution in [0.15, 0.2) is 34.9 Å². The van der Waals surface area contributed by atoms with Gasteiger partial charge in [0, 0.05) is 18.3 Å². The fourth-order valence-electron chi connectivity index (χ4n) is 1.47. The summed E-state index contributed by atoms with van der Waals surface area (Å²) in [6.07, 6.45) is 2.47. The van der Waals surface area contributed by atoms with Crippen LogP contribution in [0, 0.1) is 6.92 Å². The lowest BCUT2D eigenvalue weighted by atomic mass is 10.1. The number of hydrogen-bond donors (Lipinski definition) is 1. The molecule has 16 heavy (non-hydrogen) atoms. The highest BCUT2D eigenvalue weighted by Crippen LogP contribution is 2.20. The number of rotatable bonds is 3. The fourth-order valence-corrected chi connectivity index (χ4v) is 1.62. The summed E-state index contributed by atoms with van der Waals surface area (Å²) in [4.78, 5) is 4.30. The molecule has 1 atom stereocenters.